The van der Waals surface area contributed by atoms with Gasteiger partial charge in [0, 0.05) is 11.1 Å². The van der Waals surface area contributed by atoms with E-state index in [9.17, 15) is 20.4 Å². The second-order valence-electron chi connectivity index (χ2n) is 13.1. The molecule has 0 aliphatic heterocycles. The standard InChI is InChI=1S/C32H44O4/c1-31(2,3)23-15-21(17-25(33)29(23)35)28(22-16-24(32(4,5)6)30(36)26(34)18-22)27-19-11-7-8-12-20(27)14-10-9-13-19/h15-20,33-36H,7-14H2,1-6H3. The van der Waals surface area contributed by atoms with E-state index in [1.165, 1.54) is 31.3 Å². The average Bonchev–Trinajstić information content (AvgIpc) is 3.09. The van der Waals surface area contributed by atoms with Crippen molar-refractivity contribution in [3.63, 3.8) is 0 Å². The molecule has 0 spiro atoms. The van der Waals surface area contributed by atoms with Crippen molar-refractivity contribution in [1.82, 2.24) is 0 Å². The number of phenols is 4. The summed E-state index contributed by atoms with van der Waals surface area (Å²) in [5, 5.41) is 43.3. The van der Waals surface area contributed by atoms with Gasteiger partial charge in [-0.2, -0.15) is 0 Å². The Labute approximate surface area is 216 Å². The Balaban J connectivity index is 2.11. The van der Waals surface area contributed by atoms with E-state index in [4.69, 9.17) is 0 Å². The Hall–Kier alpha value is -2.62. The molecule has 4 N–H and O–H groups in total. The van der Waals surface area contributed by atoms with Crippen LogP contribution in [0.2, 0.25) is 0 Å². The number of aromatic hydroxyl groups is 4. The topological polar surface area (TPSA) is 80.9 Å². The van der Waals surface area contributed by atoms with Crippen LogP contribution in [0.4, 0.5) is 0 Å². The molecule has 4 rings (SSSR count). The third kappa shape index (κ3) is 5.10. The minimum absolute atomic E-state index is 0.0715. The summed E-state index contributed by atoms with van der Waals surface area (Å²) in [5.74, 6) is 0.532. The zero-order chi connectivity index (χ0) is 26.4. The molecule has 2 aliphatic carbocycles. The van der Waals surface area contributed by atoms with Gasteiger partial charge in [-0.1, -0.05) is 72.8 Å². The largest absolute Gasteiger partial charge is 0.504 e. The molecular weight excluding hydrogens is 448 g/mol. The molecule has 2 aromatic rings. The first kappa shape index (κ1) is 26.4. The molecule has 0 unspecified atom stereocenters. The van der Waals surface area contributed by atoms with E-state index in [1.807, 2.05) is 53.7 Å². The Morgan fingerprint density at radius 3 is 1.22 bits per heavy atom. The monoisotopic (exact) mass is 492 g/mol. The third-order valence-corrected chi connectivity index (χ3v) is 8.25. The summed E-state index contributed by atoms with van der Waals surface area (Å²) in [6, 6.07) is 7.42. The number of phenolic OH excluding ortho intramolecular Hbond substituents is 4. The van der Waals surface area contributed by atoms with Crippen LogP contribution in [0.1, 0.15) is 115 Å². The fourth-order valence-electron chi connectivity index (χ4n) is 6.39. The fourth-order valence-corrected chi connectivity index (χ4v) is 6.39. The minimum atomic E-state index is -0.364. The van der Waals surface area contributed by atoms with Gasteiger partial charge in [0.05, 0.1) is 0 Å². The number of rotatable bonds is 2. The van der Waals surface area contributed by atoms with Crippen molar-refractivity contribution in [1.29, 1.82) is 0 Å². The second-order valence-corrected chi connectivity index (χ2v) is 13.1. The Bertz CT molecular complexity index is 1060. The van der Waals surface area contributed by atoms with Crippen LogP contribution >= 0.6 is 0 Å². The van der Waals surface area contributed by atoms with Gasteiger partial charge in [0.15, 0.2) is 23.0 Å². The van der Waals surface area contributed by atoms with Crippen molar-refractivity contribution in [3.8, 4) is 23.0 Å². The summed E-state index contributed by atoms with van der Waals surface area (Å²) in [5.41, 5.74) is 4.89. The van der Waals surface area contributed by atoms with Crippen LogP contribution in [0.15, 0.2) is 29.8 Å². The third-order valence-electron chi connectivity index (χ3n) is 8.25. The SMILES string of the molecule is CC(C)(C)c1cc(C(=C2C3CCCCC2CCCC3)c2cc(O)c(O)c(C(C)(C)C)c2)cc(O)c1O. The van der Waals surface area contributed by atoms with E-state index < -0.39 is 0 Å². The number of benzene rings is 2. The van der Waals surface area contributed by atoms with E-state index in [1.54, 1.807) is 12.1 Å². The highest BCUT2D eigenvalue weighted by molar-refractivity contribution is 5.86. The first-order valence-corrected chi connectivity index (χ1v) is 13.7. The second kappa shape index (κ2) is 9.68. The van der Waals surface area contributed by atoms with Crippen LogP contribution in [0.5, 0.6) is 23.0 Å². The van der Waals surface area contributed by atoms with Gasteiger partial charge in [0.1, 0.15) is 0 Å². The molecule has 0 saturated heterocycles. The summed E-state index contributed by atoms with van der Waals surface area (Å²) >= 11 is 0. The van der Waals surface area contributed by atoms with E-state index in [0.29, 0.717) is 23.0 Å². The molecule has 36 heavy (non-hydrogen) atoms. The summed E-state index contributed by atoms with van der Waals surface area (Å²) in [6.07, 6.45) is 9.51. The first-order chi connectivity index (χ1) is 16.8. The van der Waals surface area contributed by atoms with E-state index in [0.717, 1.165) is 42.4 Å². The molecule has 2 bridgehead atoms. The van der Waals surface area contributed by atoms with E-state index >= 15 is 0 Å². The molecule has 0 heterocycles. The predicted octanol–water partition coefficient (Wildman–Crippen LogP) is 8.29. The molecule has 196 valence electrons. The zero-order valence-electron chi connectivity index (χ0n) is 22.9. The lowest BCUT2D eigenvalue weighted by molar-refractivity contribution is 0.388. The van der Waals surface area contributed by atoms with Crippen molar-refractivity contribution in [3.05, 3.63) is 52.1 Å². The van der Waals surface area contributed by atoms with Gasteiger partial charge >= 0.3 is 0 Å². The van der Waals surface area contributed by atoms with Gasteiger partial charge in [0.2, 0.25) is 0 Å². The lowest BCUT2D eigenvalue weighted by atomic mass is 9.75. The number of hydrogen-bond acceptors (Lipinski definition) is 4. The van der Waals surface area contributed by atoms with Crippen molar-refractivity contribution in [2.75, 3.05) is 0 Å². The fraction of sp³-hybridized carbons (Fsp3) is 0.562. The quantitative estimate of drug-likeness (QED) is 0.318. The minimum Gasteiger partial charge on any atom is -0.504 e. The zero-order valence-corrected chi connectivity index (χ0v) is 22.9. The summed E-state index contributed by atoms with van der Waals surface area (Å²) in [7, 11) is 0. The molecule has 0 radical (unpaired) electrons. The highest BCUT2D eigenvalue weighted by Crippen LogP contribution is 2.50. The number of allylic oxidation sites excluding steroid dienone is 1. The molecule has 2 fully saturated rings. The van der Waals surface area contributed by atoms with Gasteiger partial charge in [-0.15, -0.1) is 0 Å². The van der Waals surface area contributed by atoms with Gasteiger partial charge < -0.3 is 20.4 Å². The maximum Gasteiger partial charge on any atom is 0.161 e. The molecular formula is C32H44O4. The molecule has 4 heteroatoms. The van der Waals surface area contributed by atoms with Crippen LogP contribution in [0, 0.1) is 11.8 Å². The van der Waals surface area contributed by atoms with E-state index in [2.05, 4.69) is 0 Å². The van der Waals surface area contributed by atoms with Gasteiger partial charge in [-0.3, -0.25) is 0 Å². The Kier molecular flexibility index (Phi) is 7.11. The van der Waals surface area contributed by atoms with Crippen LogP contribution in [-0.4, -0.2) is 20.4 Å². The molecule has 0 atom stereocenters. The van der Waals surface area contributed by atoms with Crippen LogP contribution in [0.25, 0.3) is 5.57 Å². The maximum atomic E-state index is 10.9. The normalized spacial score (nSPS) is 21.1. The molecule has 2 aliphatic rings. The van der Waals surface area contributed by atoms with Crippen molar-refractivity contribution >= 4 is 5.57 Å². The highest BCUT2D eigenvalue weighted by Gasteiger charge is 2.33. The Morgan fingerprint density at radius 1 is 0.583 bits per heavy atom. The van der Waals surface area contributed by atoms with Crippen LogP contribution < -0.4 is 0 Å². The van der Waals surface area contributed by atoms with E-state index in [-0.39, 0.29) is 33.8 Å². The lowest BCUT2D eigenvalue weighted by Gasteiger charge is -2.29. The molecule has 4 nitrogen and oxygen atoms in total. The van der Waals surface area contributed by atoms with Gasteiger partial charge in [-0.25, -0.2) is 0 Å². The predicted molar refractivity (Wildman–Crippen MR) is 147 cm³/mol. The van der Waals surface area contributed by atoms with Crippen LogP contribution in [0.3, 0.4) is 0 Å². The van der Waals surface area contributed by atoms with Crippen molar-refractivity contribution < 1.29 is 20.4 Å². The van der Waals surface area contributed by atoms with Gasteiger partial charge in [-0.05, 0) is 89.3 Å². The summed E-state index contributed by atoms with van der Waals surface area (Å²) in [6.45, 7) is 12.2. The lowest BCUT2D eigenvalue weighted by Crippen LogP contribution is -2.15. The first-order valence-electron chi connectivity index (χ1n) is 13.7. The Morgan fingerprint density at radius 2 is 0.917 bits per heavy atom. The number of fused-ring (bicyclic) bond motifs is 2. The number of hydrogen-bond donors (Lipinski definition) is 4. The smallest absolute Gasteiger partial charge is 0.161 e. The summed E-state index contributed by atoms with van der Waals surface area (Å²) < 4.78 is 0. The maximum absolute atomic E-state index is 10.9. The van der Waals surface area contributed by atoms with Crippen molar-refractivity contribution in [2.45, 2.75) is 104 Å². The molecule has 0 amide bonds. The molecule has 0 aromatic heterocycles. The molecule has 2 aromatic carbocycles. The van der Waals surface area contributed by atoms with Gasteiger partial charge in [0.25, 0.3) is 0 Å². The van der Waals surface area contributed by atoms with Crippen molar-refractivity contribution in [2.24, 2.45) is 11.8 Å². The van der Waals surface area contributed by atoms with Crippen LogP contribution in [-0.2, 0) is 10.8 Å². The average molecular weight is 493 g/mol. The highest BCUT2D eigenvalue weighted by atomic mass is 16.3. The molecule has 2 saturated carbocycles. The summed E-state index contributed by atoms with van der Waals surface area (Å²) in [4.78, 5) is 0.